The molecular weight excluding hydrogens is 432 g/mol. The van der Waals surface area contributed by atoms with Gasteiger partial charge in [0.2, 0.25) is 0 Å². The summed E-state index contributed by atoms with van der Waals surface area (Å²) in [6, 6.07) is 18.6. The van der Waals surface area contributed by atoms with Gasteiger partial charge in [0.15, 0.2) is 0 Å². The SMILES string of the molecule is CCCCC[C@H]1CC[C@H](c2ccc(C#C/C=C/[C@H]3CC[C@H](c4ccc(CCC)cc4)CC3)cc2)CC1. The lowest BCUT2D eigenvalue weighted by Crippen LogP contribution is -2.13. The zero-order valence-corrected chi connectivity index (χ0v) is 23.0. The second-order valence-corrected chi connectivity index (χ2v) is 11.6. The van der Waals surface area contributed by atoms with Crippen LogP contribution in [0.25, 0.3) is 0 Å². The summed E-state index contributed by atoms with van der Waals surface area (Å²) in [6.45, 7) is 4.56. The van der Waals surface area contributed by atoms with Crippen LogP contribution in [0.2, 0.25) is 0 Å². The lowest BCUT2D eigenvalue weighted by atomic mass is 9.77. The van der Waals surface area contributed by atoms with Crippen molar-refractivity contribution in [3.8, 4) is 11.8 Å². The zero-order valence-electron chi connectivity index (χ0n) is 23.0. The Morgan fingerprint density at radius 2 is 1.31 bits per heavy atom. The van der Waals surface area contributed by atoms with Gasteiger partial charge in [-0.15, -0.1) is 0 Å². The van der Waals surface area contributed by atoms with E-state index in [1.165, 1.54) is 101 Å². The molecule has 0 bridgehead atoms. The molecule has 0 N–H and O–H groups in total. The highest BCUT2D eigenvalue weighted by molar-refractivity contribution is 5.39. The lowest BCUT2D eigenvalue weighted by Gasteiger charge is -2.29. The lowest BCUT2D eigenvalue weighted by molar-refractivity contribution is 0.303. The molecule has 0 aliphatic heterocycles. The van der Waals surface area contributed by atoms with Crippen LogP contribution >= 0.6 is 0 Å². The van der Waals surface area contributed by atoms with Gasteiger partial charge in [-0.25, -0.2) is 0 Å². The zero-order chi connectivity index (χ0) is 25.0. The molecule has 0 heteroatoms. The minimum atomic E-state index is 0.689. The van der Waals surface area contributed by atoms with Gasteiger partial charge in [0.05, 0.1) is 0 Å². The first-order valence-electron chi connectivity index (χ1n) is 15.1. The Hall–Kier alpha value is -2.26. The highest BCUT2D eigenvalue weighted by Crippen LogP contribution is 2.38. The molecule has 0 amide bonds. The van der Waals surface area contributed by atoms with Crippen molar-refractivity contribution in [2.24, 2.45) is 11.8 Å². The van der Waals surface area contributed by atoms with Crippen LogP contribution in [-0.4, -0.2) is 0 Å². The Bertz CT molecular complexity index is 965. The summed E-state index contributed by atoms with van der Waals surface area (Å²) in [5, 5.41) is 0. The van der Waals surface area contributed by atoms with Gasteiger partial charge in [-0.1, -0.05) is 100 Å². The summed E-state index contributed by atoms with van der Waals surface area (Å²) in [6.07, 6.45) is 23.3. The maximum atomic E-state index is 3.36. The number of unbranched alkanes of at least 4 members (excludes halogenated alkanes) is 2. The van der Waals surface area contributed by atoms with E-state index in [2.05, 4.69) is 86.4 Å². The van der Waals surface area contributed by atoms with Crippen LogP contribution in [0.4, 0.5) is 0 Å². The molecule has 36 heavy (non-hydrogen) atoms. The van der Waals surface area contributed by atoms with E-state index in [-0.39, 0.29) is 0 Å². The second kappa shape index (κ2) is 14.5. The fourth-order valence-corrected chi connectivity index (χ4v) is 6.51. The van der Waals surface area contributed by atoms with Crippen molar-refractivity contribution in [2.45, 2.75) is 116 Å². The van der Waals surface area contributed by atoms with Crippen LogP contribution in [-0.2, 0) is 6.42 Å². The number of hydrogen-bond acceptors (Lipinski definition) is 0. The number of rotatable bonds is 9. The molecule has 0 aromatic heterocycles. The van der Waals surface area contributed by atoms with Gasteiger partial charge in [-0.2, -0.15) is 0 Å². The van der Waals surface area contributed by atoms with Gasteiger partial charge in [0.1, 0.15) is 0 Å². The first kappa shape index (κ1) is 26.8. The number of allylic oxidation sites excluding steroid dienone is 2. The number of benzene rings is 2. The van der Waals surface area contributed by atoms with Gasteiger partial charge in [0, 0.05) is 5.56 Å². The van der Waals surface area contributed by atoms with E-state index >= 15 is 0 Å². The van der Waals surface area contributed by atoms with Crippen molar-refractivity contribution in [2.75, 3.05) is 0 Å². The van der Waals surface area contributed by atoms with Crippen LogP contribution in [0.5, 0.6) is 0 Å². The molecule has 0 heterocycles. The number of hydrogen-bond donors (Lipinski definition) is 0. The molecule has 2 fully saturated rings. The third-order valence-electron chi connectivity index (χ3n) is 8.87. The van der Waals surface area contributed by atoms with E-state index in [0.717, 1.165) is 23.3 Å². The molecule has 2 aromatic carbocycles. The molecule has 0 saturated heterocycles. The Kier molecular flexibility index (Phi) is 10.8. The van der Waals surface area contributed by atoms with E-state index in [1.54, 1.807) is 5.56 Å². The molecule has 0 nitrogen and oxygen atoms in total. The summed E-state index contributed by atoms with van der Waals surface area (Å²) in [5.41, 5.74) is 5.69. The van der Waals surface area contributed by atoms with Crippen molar-refractivity contribution >= 4 is 0 Å². The highest BCUT2D eigenvalue weighted by Gasteiger charge is 2.22. The summed E-state index contributed by atoms with van der Waals surface area (Å²) < 4.78 is 0. The Morgan fingerprint density at radius 1 is 0.694 bits per heavy atom. The summed E-state index contributed by atoms with van der Waals surface area (Å²) in [7, 11) is 0. The van der Waals surface area contributed by atoms with E-state index in [4.69, 9.17) is 0 Å². The maximum Gasteiger partial charge on any atom is 0.0249 e. The Balaban J connectivity index is 1.18. The summed E-state index contributed by atoms with van der Waals surface area (Å²) >= 11 is 0. The second-order valence-electron chi connectivity index (χ2n) is 11.6. The fraction of sp³-hybridized carbons (Fsp3) is 0.556. The maximum absolute atomic E-state index is 3.36. The monoisotopic (exact) mass is 480 g/mol. The van der Waals surface area contributed by atoms with E-state index in [1.807, 2.05) is 0 Å². The highest BCUT2D eigenvalue weighted by atomic mass is 14.3. The molecule has 0 spiro atoms. The minimum absolute atomic E-state index is 0.689. The largest absolute Gasteiger partial charge is 0.0730 e. The third kappa shape index (κ3) is 8.13. The number of aryl methyl sites for hydroxylation is 1. The first-order valence-corrected chi connectivity index (χ1v) is 15.1. The van der Waals surface area contributed by atoms with Gasteiger partial charge >= 0.3 is 0 Å². The molecular formula is C36H48. The van der Waals surface area contributed by atoms with Crippen molar-refractivity contribution in [3.63, 3.8) is 0 Å². The van der Waals surface area contributed by atoms with Crippen LogP contribution in [0, 0.1) is 23.7 Å². The molecule has 4 rings (SSSR count). The molecule has 2 aliphatic carbocycles. The smallest absolute Gasteiger partial charge is 0.0249 e. The predicted molar refractivity (Wildman–Crippen MR) is 156 cm³/mol. The first-order chi connectivity index (χ1) is 17.7. The van der Waals surface area contributed by atoms with E-state index < -0.39 is 0 Å². The Labute approximate surface area is 222 Å². The van der Waals surface area contributed by atoms with Crippen LogP contribution in [0.15, 0.2) is 60.7 Å². The average molecular weight is 481 g/mol. The standard InChI is InChI=1S/C36H48/c1-3-5-6-10-30-15-23-35(24-16-30)36-27-19-32(20-28-36)12-8-7-11-31-17-25-34(26-18-31)33-21-13-29(9-4-2)14-22-33/h7,11,13-14,19-22,27-28,30-31,34-35H,3-6,9-10,15-18,23-26H2,1-2H3/b11-7+/t30-,31-,34-,35-. The normalized spacial score (nSPS) is 24.4. The molecule has 2 aliphatic rings. The summed E-state index contributed by atoms with van der Waals surface area (Å²) in [4.78, 5) is 0. The predicted octanol–water partition coefficient (Wildman–Crippen LogP) is 10.4. The molecule has 2 aromatic rings. The Morgan fingerprint density at radius 3 is 1.92 bits per heavy atom. The average Bonchev–Trinajstić information content (AvgIpc) is 2.93. The topological polar surface area (TPSA) is 0 Å². The molecule has 0 radical (unpaired) electrons. The van der Waals surface area contributed by atoms with Crippen LogP contribution in [0.1, 0.15) is 131 Å². The van der Waals surface area contributed by atoms with Crippen molar-refractivity contribution in [1.82, 2.24) is 0 Å². The van der Waals surface area contributed by atoms with E-state index in [0.29, 0.717) is 5.92 Å². The van der Waals surface area contributed by atoms with Crippen LogP contribution in [0.3, 0.4) is 0 Å². The molecule has 192 valence electrons. The fourth-order valence-electron chi connectivity index (χ4n) is 6.51. The third-order valence-corrected chi connectivity index (χ3v) is 8.87. The van der Waals surface area contributed by atoms with Crippen molar-refractivity contribution < 1.29 is 0 Å². The van der Waals surface area contributed by atoms with Crippen molar-refractivity contribution in [3.05, 3.63) is 82.9 Å². The molecule has 0 atom stereocenters. The molecule has 0 unspecified atom stereocenters. The molecule has 2 saturated carbocycles. The quantitative estimate of drug-likeness (QED) is 0.247. The van der Waals surface area contributed by atoms with Crippen LogP contribution < -0.4 is 0 Å². The van der Waals surface area contributed by atoms with Gasteiger partial charge in [-0.3, -0.25) is 0 Å². The van der Waals surface area contributed by atoms with Gasteiger partial charge < -0.3 is 0 Å². The minimum Gasteiger partial charge on any atom is -0.0730 e. The van der Waals surface area contributed by atoms with E-state index in [9.17, 15) is 0 Å². The van der Waals surface area contributed by atoms with Gasteiger partial charge in [0.25, 0.3) is 0 Å². The van der Waals surface area contributed by atoms with Crippen molar-refractivity contribution in [1.29, 1.82) is 0 Å². The van der Waals surface area contributed by atoms with Gasteiger partial charge in [-0.05, 0) is 116 Å². The summed E-state index contributed by atoms with van der Waals surface area (Å²) in [5.74, 6) is 9.85.